The smallest absolute Gasteiger partial charge is 0.176 e. The second-order valence-corrected chi connectivity index (χ2v) is 4.92. The van der Waals surface area contributed by atoms with Crippen molar-refractivity contribution in [2.75, 3.05) is 0 Å². The predicted molar refractivity (Wildman–Crippen MR) is 63.5 cm³/mol. The maximum Gasteiger partial charge on any atom is 0.176 e. The summed E-state index contributed by atoms with van der Waals surface area (Å²) in [4.78, 5) is 11.4. The van der Waals surface area contributed by atoms with Crippen LogP contribution in [0.2, 0.25) is 5.02 Å². The van der Waals surface area contributed by atoms with Gasteiger partial charge in [0.2, 0.25) is 0 Å². The molecule has 0 heterocycles. The molecule has 0 saturated carbocycles. The molecule has 0 amide bonds. The van der Waals surface area contributed by atoms with Crippen molar-refractivity contribution in [3.8, 4) is 0 Å². The summed E-state index contributed by atoms with van der Waals surface area (Å²) in [6.45, 7) is 3.85. The van der Waals surface area contributed by atoms with E-state index >= 15 is 0 Å². The predicted octanol–water partition coefficient (Wildman–Crippen LogP) is 3.87. The van der Waals surface area contributed by atoms with Gasteiger partial charge in [-0.2, -0.15) is 0 Å². The minimum Gasteiger partial charge on any atom is -0.293 e. The molecule has 0 saturated heterocycles. The Kier molecular flexibility index (Phi) is 4.14. The summed E-state index contributed by atoms with van der Waals surface area (Å²) in [7, 11) is 0. The fraction of sp³-hybridized carbons (Fsp3) is 0.364. The molecule has 0 N–H and O–H groups in total. The topological polar surface area (TPSA) is 17.1 Å². The minimum atomic E-state index is -0.161. The summed E-state index contributed by atoms with van der Waals surface area (Å²) in [5.74, 6) is 0.0644. The highest BCUT2D eigenvalue weighted by atomic mass is 79.9. The van der Waals surface area contributed by atoms with Gasteiger partial charge in [-0.1, -0.05) is 46.6 Å². The van der Waals surface area contributed by atoms with E-state index in [1.165, 1.54) is 0 Å². The summed E-state index contributed by atoms with van der Waals surface area (Å²) in [5, 5.41) is 0.673. The standard InChI is InChI=1S/C11H12BrClO/c1-3-8-4-5-9(6-10(8)13)11(14)7(2)12/h4-7H,3H2,1-2H3. The van der Waals surface area contributed by atoms with Crippen molar-refractivity contribution in [2.45, 2.75) is 25.1 Å². The molecule has 14 heavy (non-hydrogen) atoms. The Labute approximate surface area is 97.6 Å². The molecular weight excluding hydrogens is 263 g/mol. The molecular formula is C11H12BrClO. The number of alkyl halides is 1. The SMILES string of the molecule is CCc1ccc(C(=O)C(C)Br)cc1Cl. The largest absolute Gasteiger partial charge is 0.293 e. The average molecular weight is 276 g/mol. The van der Waals surface area contributed by atoms with E-state index in [1.807, 2.05) is 26.0 Å². The van der Waals surface area contributed by atoms with Crippen LogP contribution in [0.5, 0.6) is 0 Å². The van der Waals surface area contributed by atoms with Crippen LogP contribution in [0.25, 0.3) is 0 Å². The third kappa shape index (κ3) is 2.58. The van der Waals surface area contributed by atoms with Crippen LogP contribution >= 0.6 is 27.5 Å². The third-order valence-corrected chi connectivity index (χ3v) is 2.85. The zero-order chi connectivity index (χ0) is 10.7. The molecule has 0 radical (unpaired) electrons. The Balaban J connectivity index is 3.03. The number of carbonyl (C=O) groups excluding carboxylic acids is 1. The summed E-state index contributed by atoms with van der Waals surface area (Å²) < 4.78 is 0. The van der Waals surface area contributed by atoms with E-state index in [1.54, 1.807) is 6.07 Å². The van der Waals surface area contributed by atoms with Crippen molar-refractivity contribution in [1.82, 2.24) is 0 Å². The summed E-state index contributed by atoms with van der Waals surface area (Å²) >= 11 is 9.25. The van der Waals surface area contributed by atoms with Gasteiger partial charge in [-0.3, -0.25) is 4.79 Å². The Hall–Kier alpha value is -0.340. The molecule has 0 bridgehead atoms. The molecule has 1 unspecified atom stereocenters. The average Bonchev–Trinajstić information content (AvgIpc) is 2.16. The van der Waals surface area contributed by atoms with Gasteiger partial charge < -0.3 is 0 Å². The number of Topliss-reactive ketones (excluding diaryl/α,β-unsaturated/α-hetero) is 1. The highest BCUT2D eigenvalue weighted by molar-refractivity contribution is 9.10. The lowest BCUT2D eigenvalue weighted by Crippen LogP contribution is -2.09. The molecule has 3 heteroatoms. The summed E-state index contributed by atoms with van der Waals surface area (Å²) in [6.07, 6.45) is 0.886. The van der Waals surface area contributed by atoms with Gasteiger partial charge in [0.15, 0.2) is 5.78 Å². The van der Waals surface area contributed by atoms with Crippen LogP contribution in [-0.4, -0.2) is 10.6 Å². The molecule has 0 aromatic heterocycles. The zero-order valence-electron chi connectivity index (χ0n) is 8.18. The van der Waals surface area contributed by atoms with Crippen LogP contribution in [0.1, 0.15) is 29.8 Å². The molecule has 1 aromatic rings. The summed E-state index contributed by atoms with van der Waals surface area (Å²) in [6, 6.07) is 5.47. The Morgan fingerprint density at radius 2 is 2.21 bits per heavy atom. The molecule has 0 fully saturated rings. The molecule has 0 aliphatic rings. The van der Waals surface area contributed by atoms with Crippen LogP contribution in [0.15, 0.2) is 18.2 Å². The van der Waals surface area contributed by atoms with Gasteiger partial charge in [0.25, 0.3) is 0 Å². The second kappa shape index (κ2) is 4.94. The van der Waals surface area contributed by atoms with E-state index < -0.39 is 0 Å². The second-order valence-electron chi connectivity index (χ2n) is 3.14. The molecule has 76 valence electrons. The van der Waals surface area contributed by atoms with Gasteiger partial charge in [-0.15, -0.1) is 0 Å². The van der Waals surface area contributed by atoms with Crippen LogP contribution in [0.4, 0.5) is 0 Å². The fourth-order valence-electron chi connectivity index (χ4n) is 1.22. The lowest BCUT2D eigenvalue weighted by atomic mass is 10.1. The first-order valence-corrected chi connectivity index (χ1v) is 5.82. The van der Waals surface area contributed by atoms with E-state index in [9.17, 15) is 4.79 Å². The maximum absolute atomic E-state index is 11.6. The number of hydrogen-bond donors (Lipinski definition) is 0. The highest BCUT2D eigenvalue weighted by Crippen LogP contribution is 2.20. The van der Waals surface area contributed by atoms with Gasteiger partial charge in [0.05, 0.1) is 4.83 Å². The Morgan fingerprint density at radius 3 is 2.64 bits per heavy atom. The molecule has 1 aromatic carbocycles. The number of benzene rings is 1. The van der Waals surface area contributed by atoms with E-state index in [0.29, 0.717) is 10.6 Å². The van der Waals surface area contributed by atoms with Crippen molar-refractivity contribution in [1.29, 1.82) is 0 Å². The fourth-order valence-corrected chi connectivity index (χ4v) is 1.80. The van der Waals surface area contributed by atoms with Gasteiger partial charge in [0.1, 0.15) is 0 Å². The summed E-state index contributed by atoms with van der Waals surface area (Å²) in [5.41, 5.74) is 1.74. The molecule has 0 aliphatic carbocycles. The maximum atomic E-state index is 11.6. The van der Waals surface area contributed by atoms with Crippen LogP contribution in [0.3, 0.4) is 0 Å². The van der Waals surface area contributed by atoms with Crippen LogP contribution in [-0.2, 0) is 6.42 Å². The number of rotatable bonds is 3. The van der Waals surface area contributed by atoms with Crippen molar-refractivity contribution in [3.63, 3.8) is 0 Å². The number of hydrogen-bond acceptors (Lipinski definition) is 1. The van der Waals surface area contributed by atoms with Gasteiger partial charge in [-0.05, 0) is 25.0 Å². The van der Waals surface area contributed by atoms with E-state index in [-0.39, 0.29) is 10.6 Å². The van der Waals surface area contributed by atoms with E-state index in [4.69, 9.17) is 11.6 Å². The number of aryl methyl sites for hydroxylation is 1. The molecule has 1 nitrogen and oxygen atoms in total. The van der Waals surface area contributed by atoms with Crippen LogP contribution < -0.4 is 0 Å². The first-order valence-electron chi connectivity index (χ1n) is 4.53. The van der Waals surface area contributed by atoms with E-state index in [0.717, 1.165) is 12.0 Å². The first kappa shape index (κ1) is 11.7. The highest BCUT2D eigenvalue weighted by Gasteiger charge is 2.12. The van der Waals surface area contributed by atoms with E-state index in [2.05, 4.69) is 15.9 Å². The van der Waals surface area contributed by atoms with Crippen molar-refractivity contribution in [2.24, 2.45) is 0 Å². The minimum absolute atomic E-state index is 0.0644. The van der Waals surface area contributed by atoms with Crippen molar-refractivity contribution >= 4 is 33.3 Å². The Morgan fingerprint density at radius 1 is 1.57 bits per heavy atom. The van der Waals surface area contributed by atoms with Gasteiger partial charge in [0, 0.05) is 10.6 Å². The third-order valence-electron chi connectivity index (χ3n) is 2.08. The van der Waals surface area contributed by atoms with Crippen molar-refractivity contribution < 1.29 is 4.79 Å². The Bertz CT molecular complexity index is 347. The lowest BCUT2D eigenvalue weighted by molar-refractivity contribution is 0.0996. The van der Waals surface area contributed by atoms with Gasteiger partial charge in [-0.25, -0.2) is 0 Å². The number of ketones is 1. The molecule has 1 rings (SSSR count). The number of carbonyl (C=O) groups is 1. The first-order chi connectivity index (χ1) is 6.56. The lowest BCUT2D eigenvalue weighted by Gasteiger charge is -2.05. The number of halogens is 2. The molecule has 0 aliphatic heterocycles. The normalized spacial score (nSPS) is 12.6. The van der Waals surface area contributed by atoms with Gasteiger partial charge >= 0.3 is 0 Å². The molecule has 0 spiro atoms. The van der Waals surface area contributed by atoms with Crippen LogP contribution in [0, 0.1) is 0 Å². The monoisotopic (exact) mass is 274 g/mol. The zero-order valence-corrected chi connectivity index (χ0v) is 10.5. The quantitative estimate of drug-likeness (QED) is 0.604. The van der Waals surface area contributed by atoms with Crippen molar-refractivity contribution in [3.05, 3.63) is 34.3 Å². The molecule has 1 atom stereocenters.